The summed E-state index contributed by atoms with van der Waals surface area (Å²) < 4.78 is 20.3. The minimum absolute atomic E-state index is 0.108. The summed E-state index contributed by atoms with van der Waals surface area (Å²) in [5.74, 6) is -0.281. The highest BCUT2D eigenvalue weighted by Gasteiger charge is 2.29. The molecule has 0 unspecified atom stereocenters. The molecule has 0 saturated carbocycles. The fourth-order valence-corrected chi connectivity index (χ4v) is 3.75. The number of ether oxygens (including phenoxy) is 1. The van der Waals surface area contributed by atoms with Crippen molar-refractivity contribution in [2.24, 2.45) is 7.05 Å². The first-order valence-corrected chi connectivity index (χ1v) is 10.5. The average Bonchev–Trinajstić information content (AvgIpc) is 3.14. The Labute approximate surface area is 189 Å². The van der Waals surface area contributed by atoms with Gasteiger partial charge >= 0.3 is 0 Å². The summed E-state index contributed by atoms with van der Waals surface area (Å²) in [4.78, 5) is 27.1. The minimum Gasteiger partial charge on any atom is -0.484 e. The van der Waals surface area contributed by atoms with Gasteiger partial charge in [-0.15, -0.1) is 0 Å². The molecule has 1 aromatic heterocycles. The first-order valence-electron chi connectivity index (χ1n) is 10.1. The van der Waals surface area contributed by atoms with Crippen molar-refractivity contribution in [1.82, 2.24) is 20.0 Å². The normalized spacial score (nSPS) is 12.9. The van der Waals surface area contributed by atoms with Crippen molar-refractivity contribution in [3.63, 3.8) is 0 Å². The zero-order valence-electron chi connectivity index (χ0n) is 17.5. The summed E-state index contributed by atoms with van der Waals surface area (Å²) in [5, 5.41) is 7.79. The van der Waals surface area contributed by atoms with E-state index in [-0.39, 0.29) is 37.3 Å². The topological polar surface area (TPSA) is 76.5 Å². The molecule has 0 atom stereocenters. The second kappa shape index (κ2) is 9.40. The van der Waals surface area contributed by atoms with Crippen LogP contribution in [0.2, 0.25) is 5.02 Å². The van der Waals surface area contributed by atoms with Crippen LogP contribution in [0.1, 0.15) is 27.3 Å². The van der Waals surface area contributed by atoms with Crippen molar-refractivity contribution in [2.45, 2.75) is 19.5 Å². The van der Waals surface area contributed by atoms with E-state index in [1.165, 1.54) is 12.1 Å². The molecule has 1 N–H and O–H groups in total. The molecule has 2 aromatic carbocycles. The Morgan fingerprint density at radius 3 is 2.59 bits per heavy atom. The molecule has 32 heavy (non-hydrogen) atoms. The first kappa shape index (κ1) is 21.8. The number of fused-ring (bicyclic) bond motifs is 1. The highest BCUT2D eigenvalue weighted by atomic mass is 35.5. The maximum atomic E-state index is 13.1. The van der Waals surface area contributed by atoms with Crippen molar-refractivity contribution < 1.29 is 18.7 Å². The van der Waals surface area contributed by atoms with Crippen LogP contribution in [0.25, 0.3) is 0 Å². The van der Waals surface area contributed by atoms with E-state index in [9.17, 15) is 14.0 Å². The van der Waals surface area contributed by atoms with Crippen LogP contribution in [-0.4, -0.2) is 39.6 Å². The number of benzene rings is 2. The summed E-state index contributed by atoms with van der Waals surface area (Å²) in [6.45, 7) is 0.947. The summed E-state index contributed by atoms with van der Waals surface area (Å²) >= 11 is 5.86. The van der Waals surface area contributed by atoms with Gasteiger partial charge in [0.25, 0.3) is 11.8 Å². The number of hydrogen-bond acceptors (Lipinski definition) is 4. The van der Waals surface area contributed by atoms with Gasteiger partial charge in [0.15, 0.2) is 12.3 Å². The predicted octanol–water partition coefficient (Wildman–Crippen LogP) is 3.11. The van der Waals surface area contributed by atoms with Crippen molar-refractivity contribution in [1.29, 1.82) is 0 Å². The van der Waals surface area contributed by atoms with E-state index in [0.717, 1.165) is 16.8 Å². The average molecular weight is 457 g/mol. The number of amides is 2. The molecule has 4 rings (SSSR count). The summed E-state index contributed by atoms with van der Waals surface area (Å²) in [6.07, 6.45) is 0.594. The fraction of sp³-hybridized carbons (Fsp3) is 0.261. The van der Waals surface area contributed by atoms with E-state index in [2.05, 4.69) is 10.4 Å². The molecule has 3 aromatic rings. The fourth-order valence-electron chi connectivity index (χ4n) is 3.62. The van der Waals surface area contributed by atoms with Crippen molar-refractivity contribution in [2.75, 3.05) is 13.2 Å². The van der Waals surface area contributed by atoms with Crippen LogP contribution < -0.4 is 10.1 Å². The lowest BCUT2D eigenvalue weighted by molar-refractivity contribution is -0.134. The molecule has 0 spiro atoms. The van der Waals surface area contributed by atoms with Crippen LogP contribution in [-0.2, 0) is 31.4 Å². The van der Waals surface area contributed by atoms with E-state index in [0.29, 0.717) is 29.4 Å². The number of halogens is 2. The van der Waals surface area contributed by atoms with Crippen LogP contribution >= 0.6 is 11.6 Å². The number of nitrogens with zero attached hydrogens (tertiary/aromatic N) is 3. The van der Waals surface area contributed by atoms with Gasteiger partial charge in [-0.05, 0) is 42.0 Å². The molecular formula is C23H22ClFN4O3. The second-order valence-electron chi connectivity index (χ2n) is 7.51. The van der Waals surface area contributed by atoms with Gasteiger partial charge in [-0.2, -0.15) is 5.10 Å². The molecule has 166 valence electrons. The van der Waals surface area contributed by atoms with Crippen molar-refractivity contribution in [3.05, 3.63) is 81.9 Å². The Kier molecular flexibility index (Phi) is 6.41. The molecule has 9 heteroatoms. The first-order chi connectivity index (χ1) is 15.4. The van der Waals surface area contributed by atoms with E-state index in [1.807, 2.05) is 0 Å². The molecular weight excluding hydrogens is 435 g/mol. The van der Waals surface area contributed by atoms with Gasteiger partial charge in [-0.1, -0.05) is 23.7 Å². The Morgan fingerprint density at radius 1 is 1.16 bits per heavy atom. The number of rotatable bonds is 6. The number of aryl methyl sites for hydroxylation is 1. The molecule has 1 aliphatic heterocycles. The number of nitrogens with one attached hydrogen (secondary N) is 1. The third kappa shape index (κ3) is 4.91. The lowest BCUT2D eigenvalue weighted by atomic mass is 10.0. The number of aromatic nitrogens is 2. The van der Waals surface area contributed by atoms with Crippen LogP contribution in [0, 0.1) is 5.82 Å². The van der Waals surface area contributed by atoms with Crippen LogP contribution in [0.4, 0.5) is 4.39 Å². The highest BCUT2D eigenvalue weighted by Crippen LogP contribution is 2.23. The summed E-state index contributed by atoms with van der Waals surface area (Å²) in [5.41, 5.74) is 2.73. The predicted molar refractivity (Wildman–Crippen MR) is 117 cm³/mol. The lowest BCUT2D eigenvalue weighted by Crippen LogP contribution is -2.39. The largest absolute Gasteiger partial charge is 0.484 e. The molecule has 2 heterocycles. The molecule has 0 bridgehead atoms. The van der Waals surface area contributed by atoms with Gasteiger partial charge in [0.2, 0.25) is 0 Å². The van der Waals surface area contributed by atoms with E-state index < -0.39 is 0 Å². The van der Waals surface area contributed by atoms with Crippen molar-refractivity contribution >= 4 is 23.4 Å². The van der Waals surface area contributed by atoms with Gasteiger partial charge in [0.05, 0.1) is 0 Å². The maximum absolute atomic E-state index is 13.1. The molecule has 0 saturated heterocycles. The highest BCUT2D eigenvalue weighted by molar-refractivity contribution is 6.30. The van der Waals surface area contributed by atoms with E-state index in [4.69, 9.17) is 16.3 Å². The van der Waals surface area contributed by atoms with Crippen LogP contribution in [0.15, 0.2) is 48.5 Å². The quantitative estimate of drug-likeness (QED) is 0.618. The molecule has 0 aliphatic carbocycles. The Bertz CT molecular complexity index is 1130. The van der Waals surface area contributed by atoms with Gasteiger partial charge < -0.3 is 15.0 Å². The molecule has 0 fully saturated rings. The number of carbonyl (C=O) groups is 2. The lowest BCUT2D eigenvalue weighted by Gasteiger charge is -2.27. The van der Waals surface area contributed by atoms with E-state index >= 15 is 0 Å². The third-order valence-corrected chi connectivity index (χ3v) is 5.60. The standard InChI is InChI=1S/C23H22ClFN4O3/c1-28-20-10-11-29(21(30)14-32-18-8-4-16(24)5-9-18)13-19(20)22(27-28)23(31)26-12-15-2-6-17(25)7-3-15/h2-9H,10-14H2,1H3,(H,26,31). The zero-order chi connectivity index (χ0) is 22.7. The molecule has 2 amide bonds. The number of carbonyl (C=O) groups excluding carboxylic acids is 2. The second-order valence-corrected chi connectivity index (χ2v) is 7.95. The third-order valence-electron chi connectivity index (χ3n) is 5.35. The number of hydrogen-bond donors (Lipinski definition) is 1. The van der Waals surface area contributed by atoms with Gasteiger partial charge in [-0.25, -0.2) is 4.39 Å². The van der Waals surface area contributed by atoms with Crippen LogP contribution in [0.3, 0.4) is 0 Å². The minimum atomic E-state index is -0.335. The monoisotopic (exact) mass is 456 g/mol. The van der Waals surface area contributed by atoms with Gasteiger partial charge in [0, 0.05) is 49.4 Å². The summed E-state index contributed by atoms with van der Waals surface area (Å²) in [6, 6.07) is 12.7. The molecule has 0 radical (unpaired) electrons. The molecule has 1 aliphatic rings. The van der Waals surface area contributed by atoms with Gasteiger partial charge in [0.1, 0.15) is 11.6 Å². The molecule has 7 nitrogen and oxygen atoms in total. The van der Waals surface area contributed by atoms with E-state index in [1.54, 1.807) is 53.0 Å². The van der Waals surface area contributed by atoms with Crippen LogP contribution in [0.5, 0.6) is 5.75 Å². The smallest absolute Gasteiger partial charge is 0.272 e. The zero-order valence-corrected chi connectivity index (χ0v) is 18.2. The van der Waals surface area contributed by atoms with Crippen molar-refractivity contribution in [3.8, 4) is 5.75 Å². The summed E-state index contributed by atoms with van der Waals surface area (Å²) in [7, 11) is 1.79. The Balaban J connectivity index is 1.40. The maximum Gasteiger partial charge on any atom is 0.272 e. The Morgan fingerprint density at radius 2 is 1.88 bits per heavy atom. The Hall–Kier alpha value is -3.39. The van der Waals surface area contributed by atoms with Gasteiger partial charge in [-0.3, -0.25) is 14.3 Å². The SMILES string of the molecule is Cn1nc(C(=O)NCc2ccc(F)cc2)c2c1CCN(C(=O)COc1ccc(Cl)cc1)C2.